The lowest BCUT2D eigenvalue weighted by Gasteiger charge is -2.34. The topological polar surface area (TPSA) is 15.3 Å². The van der Waals surface area contributed by atoms with Crippen LogP contribution < -0.4 is 10.2 Å². The molecule has 1 saturated carbocycles. The molecule has 0 radical (unpaired) electrons. The van der Waals surface area contributed by atoms with E-state index in [4.69, 9.17) is 11.6 Å². The number of anilines is 1. The minimum absolute atomic E-state index is 0.663. The molecule has 0 aromatic heterocycles. The summed E-state index contributed by atoms with van der Waals surface area (Å²) in [6, 6.07) is 7.04. The molecule has 0 saturated heterocycles. The van der Waals surface area contributed by atoms with Gasteiger partial charge in [-0.25, -0.2) is 0 Å². The van der Waals surface area contributed by atoms with E-state index < -0.39 is 0 Å². The molecule has 0 atom stereocenters. The van der Waals surface area contributed by atoms with E-state index in [0.717, 1.165) is 24.7 Å². The number of nitrogens with one attached hydrogen (secondary N) is 1. The highest BCUT2D eigenvalue weighted by Gasteiger charge is 2.25. The van der Waals surface area contributed by atoms with Gasteiger partial charge >= 0.3 is 0 Å². The summed E-state index contributed by atoms with van der Waals surface area (Å²) in [5.41, 5.74) is 2.71. The molecule has 0 bridgehead atoms. The first-order valence-corrected chi connectivity index (χ1v) is 8.75. The zero-order chi connectivity index (χ0) is 15.2. The predicted octanol–water partition coefficient (Wildman–Crippen LogP) is 4.85. The van der Waals surface area contributed by atoms with Crippen molar-refractivity contribution >= 4 is 17.3 Å². The van der Waals surface area contributed by atoms with Crippen molar-refractivity contribution in [3.63, 3.8) is 0 Å². The summed E-state index contributed by atoms with van der Waals surface area (Å²) in [6.07, 6.45) is 5.37. The van der Waals surface area contributed by atoms with Crippen molar-refractivity contribution in [3.8, 4) is 0 Å². The van der Waals surface area contributed by atoms with Gasteiger partial charge < -0.3 is 10.2 Å². The molecule has 1 aromatic carbocycles. The molecule has 1 aromatic rings. The maximum Gasteiger partial charge on any atom is 0.0429 e. The Labute approximate surface area is 134 Å². The molecule has 3 heteroatoms. The summed E-state index contributed by atoms with van der Waals surface area (Å²) >= 11 is 6.29. The summed E-state index contributed by atoms with van der Waals surface area (Å²) in [4.78, 5) is 2.62. The lowest BCUT2D eigenvalue weighted by atomic mass is 10.1. The normalized spacial score (nSPS) is 15.9. The molecule has 1 aliphatic rings. The lowest BCUT2D eigenvalue weighted by Crippen LogP contribution is -2.37. The van der Waals surface area contributed by atoms with Gasteiger partial charge in [0.25, 0.3) is 0 Å². The maximum atomic E-state index is 6.29. The van der Waals surface area contributed by atoms with Gasteiger partial charge in [0.2, 0.25) is 0 Å². The second-order valence-electron chi connectivity index (χ2n) is 6.54. The number of rotatable bonds is 7. The highest BCUT2D eigenvalue weighted by Crippen LogP contribution is 2.33. The number of hydrogen-bond donors (Lipinski definition) is 1. The maximum absolute atomic E-state index is 6.29. The average Bonchev–Trinajstić information content (AvgIpc) is 2.97. The number of nitrogens with zero attached hydrogens (tertiary/aromatic N) is 1. The molecular weight excluding hydrogens is 280 g/mol. The number of benzene rings is 1. The third kappa shape index (κ3) is 4.62. The molecule has 0 spiro atoms. The van der Waals surface area contributed by atoms with Gasteiger partial charge in [-0.3, -0.25) is 0 Å². The van der Waals surface area contributed by atoms with Crippen LogP contribution in [0.25, 0.3) is 0 Å². The SMILES string of the molecule is CCNCc1ccc(Cl)cc1N(CC(C)C)C1CCCC1. The molecule has 1 N–H and O–H groups in total. The van der Waals surface area contributed by atoms with E-state index in [9.17, 15) is 0 Å². The van der Waals surface area contributed by atoms with E-state index in [0.29, 0.717) is 12.0 Å². The Hall–Kier alpha value is -0.730. The fourth-order valence-corrected chi connectivity index (χ4v) is 3.43. The molecule has 1 fully saturated rings. The fraction of sp³-hybridized carbons (Fsp3) is 0.667. The van der Waals surface area contributed by atoms with Crippen molar-refractivity contribution in [1.29, 1.82) is 0 Å². The molecule has 2 rings (SSSR count). The minimum Gasteiger partial charge on any atom is -0.368 e. The van der Waals surface area contributed by atoms with Gasteiger partial charge in [0, 0.05) is 29.8 Å². The van der Waals surface area contributed by atoms with Crippen molar-refractivity contribution in [3.05, 3.63) is 28.8 Å². The van der Waals surface area contributed by atoms with Crippen molar-refractivity contribution in [2.45, 2.75) is 59.0 Å². The van der Waals surface area contributed by atoms with Crippen LogP contribution in [-0.4, -0.2) is 19.1 Å². The Kier molecular flexibility index (Phi) is 6.38. The molecule has 0 aliphatic heterocycles. The molecule has 118 valence electrons. The summed E-state index contributed by atoms with van der Waals surface area (Å²) in [7, 11) is 0. The van der Waals surface area contributed by atoms with Gasteiger partial charge in [-0.1, -0.05) is 51.3 Å². The highest BCUT2D eigenvalue weighted by molar-refractivity contribution is 6.30. The van der Waals surface area contributed by atoms with Crippen LogP contribution in [0.15, 0.2) is 18.2 Å². The molecule has 0 amide bonds. The second kappa shape index (κ2) is 8.05. The Morgan fingerprint density at radius 3 is 2.62 bits per heavy atom. The van der Waals surface area contributed by atoms with E-state index in [1.54, 1.807) is 0 Å². The minimum atomic E-state index is 0.663. The van der Waals surface area contributed by atoms with Crippen molar-refractivity contribution < 1.29 is 0 Å². The van der Waals surface area contributed by atoms with E-state index in [-0.39, 0.29) is 0 Å². The quantitative estimate of drug-likeness (QED) is 0.774. The smallest absolute Gasteiger partial charge is 0.0429 e. The first kappa shape index (κ1) is 16.6. The van der Waals surface area contributed by atoms with Crippen LogP contribution in [-0.2, 0) is 6.54 Å². The van der Waals surface area contributed by atoms with Crippen LogP contribution >= 0.6 is 11.6 Å². The molecule has 0 unspecified atom stereocenters. The molecule has 1 aliphatic carbocycles. The summed E-state index contributed by atoms with van der Waals surface area (Å²) in [5, 5.41) is 4.30. The highest BCUT2D eigenvalue weighted by atomic mass is 35.5. The van der Waals surface area contributed by atoms with Crippen LogP contribution in [0.1, 0.15) is 52.0 Å². The van der Waals surface area contributed by atoms with Gasteiger partial charge in [0.1, 0.15) is 0 Å². The Bertz CT molecular complexity index is 439. The fourth-order valence-electron chi connectivity index (χ4n) is 3.27. The Morgan fingerprint density at radius 2 is 2.00 bits per heavy atom. The van der Waals surface area contributed by atoms with E-state index in [1.807, 2.05) is 6.07 Å². The summed E-state index contributed by atoms with van der Waals surface area (Å²) < 4.78 is 0. The van der Waals surface area contributed by atoms with Crippen LogP contribution in [0, 0.1) is 5.92 Å². The third-order valence-corrected chi connectivity index (χ3v) is 4.48. The standard InChI is InChI=1S/C18H29ClN2/c1-4-20-12-15-9-10-16(19)11-18(15)21(13-14(2)3)17-7-5-6-8-17/h9-11,14,17,20H,4-8,12-13H2,1-3H3. The van der Waals surface area contributed by atoms with Gasteiger partial charge in [0.15, 0.2) is 0 Å². The molecular formula is C18H29ClN2. The summed E-state index contributed by atoms with van der Waals surface area (Å²) in [5.74, 6) is 0.663. The lowest BCUT2D eigenvalue weighted by molar-refractivity contribution is 0.533. The van der Waals surface area contributed by atoms with Crippen LogP contribution in [0.3, 0.4) is 0 Å². The van der Waals surface area contributed by atoms with Crippen LogP contribution in [0.4, 0.5) is 5.69 Å². The van der Waals surface area contributed by atoms with Crippen molar-refractivity contribution in [1.82, 2.24) is 5.32 Å². The zero-order valence-electron chi connectivity index (χ0n) is 13.7. The number of halogens is 1. The van der Waals surface area contributed by atoms with Crippen molar-refractivity contribution in [2.75, 3.05) is 18.0 Å². The van der Waals surface area contributed by atoms with Gasteiger partial charge in [-0.15, -0.1) is 0 Å². The first-order chi connectivity index (χ1) is 10.1. The van der Waals surface area contributed by atoms with E-state index in [2.05, 4.69) is 43.1 Å². The monoisotopic (exact) mass is 308 g/mol. The predicted molar refractivity (Wildman–Crippen MR) is 93.3 cm³/mol. The first-order valence-electron chi connectivity index (χ1n) is 8.37. The molecule has 0 heterocycles. The Balaban J connectivity index is 2.29. The van der Waals surface area contributed by atoms with Crippen LogP contribution in [0.2, 0.25) is 5.02 Å². The zero-order valence-corrected chi connectivity index (χ0v) is 14.4. The number of hydrogen-bond acceptors (Lipinski definition) is 2. The third-order valence-electron chi connectivity index (χ3n) is 4.25. The molecule has 2 nitrogen and oxygen atoms in total. The second-order valence-corrected chi connectivity index (χ2v) is 6.97. The van der Waals surface area contributed by atoms with Crippen LogP contribution in [0.5, 0.6) is 0 Å². The average molecular weight is 309 g/mol. The summed E-state index contributed by atoms with van der Waals surface area (Å²) in [6.45, 7) is 9.79. The van der Waals surface area contributed by atoms with Crippen molar-refractivity contribution in [2.24, 2.45) is 5.92 Å². The van der Waals surface area contributed by atoms with E-state index in [1.165, 1.54) is 36.9 Å². The van der Waals surface area contributed by atoms with Gasteiger partial charge in [-0.2, -0.15) is 0 Å². The Morgan fingerprint density at radius 1 is 1.29 bits per heavy atom. The van der Waals surface area contributed by atoms with Gasteiger partial charge in [-0.05, 0) is 43.0 Å². The molecule has 21 heavy (non-hydrogen) atoms. The largest absolute Gasteiger partial charge is 0.368 e. The van der Waals surface area contributed by atoms with E-state index >= 15 is 0 Å². The van der Waals surface area contributed by atoms with Gasteiger partial charge in [0.05, 0.1) is 0 Å².